The molecular weight excluding hydrogens is 371 g/mol. The summed E-state index contributed by atoms with van der Waals surface area (Å²) in [6, 6.07) is 0. The maximum atomic E-state index is 12.4. The van der Waals surface area contributed by atoms with E-state index in [1.54, 1.807) is 22.6 Å². The maximum Gasteiger partial charge on any atom is 0.266 e. The van der Waals surface area contributed by atoms with Crippen LogP contribution in [0.4, 0.5) is 8.78 Å². The smallest absolute Gasteiger partial charge is 0.266 e. The van der Waals surface area contributed by atoms with Crippen LogP contribution in [0.2, 0.25) is 0 Å². The second kappa shape index (κ2) is 5.32. The molecule has 0 amide bonds. The van der Waals surface area contributed by atoms with Crippen LogP contribution in [0.3, 0.4) is 0 Å². The first-order valence-electron chi connectivity index (χ1n) is 3.73. The minimum atomic E-state index is -2.55. The zero-order chi connectivity index (χ0) is 10.7. The Morgan fingerprint density at radius 1 is 1.57 bits per heavy atom. The molecule has 0 spiro atoms. The Morgan fingerprint density at radius 2 is 2.21 bits per heavy atom. The number of halogens is 4. The molecule has 2 nitrogen and oxygen atoms in total. The highest BCUT2D eigenvalue weighted by Gasteiger charge is 2.17. The molecule has 6 heteroatoms. The molecule has 78 valence electrons. The lowest BCUT2D eigenvalue weighted by atomic mass is 10.1. The molecule has 0 aliphatic rings. The monoisotopic (exact) mass is 377 g/mol. The van der Waals surface area contributed by atoms with Crippen LogP contribution in [0.1, 0.15) is 23.2 Å². The van der Waals surface area contributed by atoms with Gasteiger partial charge in [0.25, 0.3) is 6.43 Å². The lowest BCUT2D eigenvalue weighted by Gasteiger charge is -2.10. The minimum absolute atomic E-state index is 0.126. The summed E-state index contributed by atoms with van der Waals surface area (Å²) < 4.78 is 25.3. The topological polar surface area (TPSA) is 33.1 Å². The van der Waals surface area contributed by atoms with Crippen molar-refractivity contribution in [3.8, 4) is 0 Å². The SMILES string of the molecule is OCc1c(CBr)ncc(C(F)F)c1I. The van der Waals surface area contributed by atoms with Crippen molar-refractivity contribution in [2.24, 2.45) is 0 Å². The Hall–Kier alpha value is 0.180. The van der Waals surface area contributed by atoms with Crippen LogP contribution < -0.4 is 0 Å². The summed E-state index contributed by atoms with van der Waals surface area (Å²) in [6.45, 7) is -0.271. The molecule has 1 aromatic heterocycles. The van der Waals surface area contributed by atoms with Gasteiger partial charge in [0, 0.05) is 26.2 Å². The molecule has 0 saturated carbocycles. The molecule has 0 fully saturated rings. The predicted octanol–water partition coefficient (Wildman–Crippen LogP) is 3.01. The number of pyridine rings is 1. The number of hydrogen-bond acceptors (Lipinski definition) is 2. The molecule has 14 heavy (non-hydrogen) atoms. The van der Waals surface area contributed by atoms with Gasteiger partial charge in [0.2, 0.25) is 0 Å². The van der Waals surface area contributed by atoms with Crippen molar-refractivity contribution < 1.29 is 13.9 Å². The van der Waals surface area contributed by atoms with Gasteiger partial charge in [0.1, 0.15) is 0 Å². The molecule has 0 unspecified atom stereocenters. The number of aliphatic hydroxyl groups excluding tert-OH is 1. The summed E-state index contributed by atoms with van der Waals surface area (Å²) >= 11 is 4.98. The van der Waals surface area contributed by atoms with E-state index in [1.807, 2.05) is 0 Å². The van der Waals surface area contributed by atoms with Crippen LogP contribution in [0.15, 0.2) is 6.20 Å². The van der Waals surface area contributed by atoms with Crippen LogP contribution in [0, 0.1) is 3.57 Å². The summed E-state index contributed by atoms with van der Waals surface area (Å²) in [5.41, 5.74) is 0.945. The lowest BCUT2D eigenvalue weighted by molar-refractivity contribution is 0.149. The van der Waals surface area contributed by atoms with Gasteiger partial charge in [-0.25, -0.2) is 8.78 Å². The second-order valence-electron chi connectivity index (χ2n) is 2.55. The van der Waals surface area contributed by atoms with Crippen LogP contribution in [0.25, 0.3) is 0 Å². The minimum Gasteiger partial charge on any atom is -0.392 e. The largest absolute Gasteiger partial charge is 0.392 e. The summed E-state index contributed by atoms with van der Waals surface area (Å²) in [5, 5.41) is 9.47. The molecule has 0 bridgehead atoms. The lowest BCUT2D eigenvalue weighted by Crippen LogP contribution is -2.03. The first-order valence-corrected chi connectivity index (χ1v) is 5.93. The van der Waals surface area contributed by atoms with E-state index < -0.39 is 6.43 Å². The standard InChI is InChI=1S/C8H7BrF2INO/c9-1-6-5(3-14)7(12)4(2-13-6)8(10)11/h2,8,14H,1,3H2. The number of hydrogen-bond donors (Lipinski definition) is 1. The normalized spacial score (nSPS) is 11.0. The van der Waals surface area contributed by atoms with Crippen molar-refractivity contribution in [3.05, 3.63) is 26.6 Å². The summed E-state index contributed by atoms with van der Waals surface area (Å²) in [6.07, 6.45) is -1.40. The van der Waals surface area contributed by atoms with E-state index in [0.29, 0.717) is 20.2 Å². The maximum absolute atomic E-state index is 12.4. The van der Waals surface area contributed by atoms with Crippen molar-refractivity contribution in [2.75, 3.05) is 0 Å². The van der Waals surface area contributed by atoms with Gasteiger partial charge in [-0.05, 0) is 22.6 Å². The molecule has 1 heterocycles. The van der Waals surface area contributed by atoms with Gasteiger partial charge < -0.3 is 5.11 Å². The van der Waals surface area contributed by atoms with Crippen molar-refractivity contribution >= 4 is 38.5 Å². The molecule has 0 aliphatic heterocycles. The van der Waals surface area contributed by atoms with E-state index in [9.17, 15) is 8.78 Å². The molecule has 0 saturated heterocycles. The fourth-order valence-electron chi connectivity index (χ4n) is 1.01. The summed E-state index contributed by atoms with van der Waals surface area (Å²) in [4.78, 5) is 3.86. The first-order chi connectivity index (χ1) is 6.61. The molecule has 0 atom stereocenters. The molecule has 1 N–H and O–H groups in total. The fraction of sp³-hybridized carbons (Fsp3) is 0.375. The third-order valence-electron chi connectivity index (χ3n) is 1.75. The fourth-order valence-corrected chi connectivity index (χ4v) is 2.35. The Morgan fingerprint density at radius 3 is 2.64 bits per heavy atom. The Kier molecular flexibility index (Phi) is 4.65. The zero-order valence-corrected chi connectivity index (χ0v) is 10.7. The van der Waals surface area contributed by atoms with Gasteiger partial charge in [0.15, 0.2) is 0 Å². The van der Waals surface area contributed by atoms with Gasteiger partial charge in [-0.3, -0.25) is 4.98 Å². The average molecular weight is 378 g/mol. The average Bonchev–Trinajstić information content (AvgIpc) is 2.16. The molecule has 0 radical (unpaired) electrons. The third kappa shape index (κ3) is 2.40. The van der Waals surface area contributed by atoms with E-state index in [4.69, 9.17) is 5.11 Å². The molecule has 1 aromatic rings. The van der Waals surface area contributed by atoms with Gasteiger partial charge in [-0.2, -0.15) is 0 Å². The predicted molar refractivity (Wildman–Crippen MR) is 60.5 cm³/mol. The molecule has 0 aliphatic carbocycles. The second-order valence-corrected chi connectivity index (χ2v) is 4.18. The Labute approximate surface area is 102 Å². The van der Waals surface area contributed by atoms with Crippen molar-refractivity contribution in [2.45, 2.75) is 18.4 Å². The highest BCUT2D eigenvalue weighted by atomic mass is 127. The number of rotatable bonds is 3. The number of alkyl halides is 3. The van der Waals surface area contributed by atoms with Crippen LogP contribution in [0.5, 0.6) is 0 Å². The highest BCUT2D eigenvalue weighted by Crippen LogP contribution is 2.28. The van der Waals surface area contributed by atoms with Crippen LogP contribution >= 0.6 is 38.5 Å². The first kappa shape index (κ1) is 12.3. The molecule has 0 aromatic carbocycles. The summed E-state index contributed by atoms with van der Waals surface area (Å²) in [5.74, 6) is 0. The number of nitrogens with zero attached hydrogens (tertiary/aromatic N) is 1. The van der Waals surface area contributed by atoms with Gasteiger partial charge >= 0.3 is 0 Å². The number of aromatic nitrogens is 1. The van der Waals surface area contributed by atoms with Gasteiger partial charge in [-0.15, -0.1) is 0 Å². The van der Waals surface area contributed by atoms with Gasteiger partial charge in [-0.1, -0.05) is 15.9 Å². The van der Waals surface area contributed by atoms with E-state index in [0.717, 1.165) is 6.20 Å². The van der Waals surface area contributed by atoms with E-state index >= 15 is 0 Å². The zero-order valence-electron chi connectivity index (χ0n) is 6.98. The van der Waals surface area contributed by atoms with Crippen LogP contribution in [-0.4, -0.2) is 10.1 Å². The van der Waals surface area contributed by atoms with E-state index in [2.05, 4.69) is 20.9 Å². The van der Waals surface area contributed by atoms with Crippen LogP contribution in [-0.2, 0) is 11.9 Å². The third-order valence-corrected chi connectivity index (χ3v) is 3.55. The number of aliphatic hydroxyl groups is 1. The van der Waals surface area contributed by atoms with Gasteiger partial charge in [0.05, 0.1) is 12.3 Å². The Balaban J connectivity index is 3.27. The van der Waals surface area contributed by atoms with Crippen molar-refractivity contribution in [1.29, 1.82) is 0 Å². The van der Waals surface area contributed by atoms with Crippen molar-refractivity contribution in [3.63, 3.8) is 0 Å². The van der Waals surface area contributed by atoms with Crippen molar-refractivity contribution in [1.82, 2.24) is 4.98 Å². The highest BCUT2D eigenvalue weighted by molar-refractivity contribution is 14.1. The van der Waals surface area contributed by atoms with E-state index in [-0.39, 0.29) is 12.2 Å². The Bertz CT molecular complexity index is 335. The molecule has 1 rings (SSSR count). The van der Waals surface area contributed by atoms with E-state index in [1.165, 1.54) is 0 Å². The molecular formula is C8H7BrF2INO. The summed E-state index contributed by atoms with van der Waals surface area (Å²) in [7, 11) is 0. The quantitative estimate of drug-likeness (QED) is 0.648.